The Balaban J connectivity index is 2.91. The third-order valence-corrected chi connectivity index (χ3v) is 3.50. The van der Waals surface area contributed by atoms with Gasteiger partial charge in [-0.2, -0.15) is 5.10 Å². The minimum Gasteiger partial charge on any atom is -0.386 e. The van der Waals surface area contributed by atoms with Crippen LogP contribution in [0.3, 0.4) is 0 Å². The van der Waals surface area contributed by atoms with Gasteiger partial charge in [0.1, 0.15) is 0 Å². The molecule has 0 atom stereocenters. The third kappa shape index (κ3) is 4.01. The van der Waals surface area contributed by atoms with Gasteiger partial charge in [-0.3, -0.25) is 5.43 Å². The van der Waals surface area contributed by atoms with Crippen molar-refractivity contribution >= 4 is 74.4 Å². The van der Waals surface area contributed by atoms with Crippen molar-refractivity contribution in [2.24, 2.45) is 10.8 Å². The molecular formula is C9H10I2N4S. The number of hydrogen-bond donors (Lipinski definition) is 3. The van der Waals surface area contributed by atoms with Crippen molar-refractivity contribution in [3.63, 3.8) is 0 Å². The van der Waals surface area contributed by atoms with Gasteiger partial charge < -0.3 is 11.1 Å². The zero-order chi connectivity index (χ0) is 12.1. The van der Waals surface area contributed by atoms with Crippen LogP contribution in [0.1, 0.15) is 5.56 Å². The fourth-order valence-electron chi connectivity index (χ4n) is 1.08. The monoisotopic (exact) mass is 460 g/mol. The van der Waals surface area contributed by atoms with E-state index in [2.05, 4.69) is 73.2 Å². The molecule has 0 aliphatic carbocycles. The number of anilines is 1. The van der Waals surface area contributed by atoms with Crippen molar-refractivity contribution in [1.82, 2.24) is 5.43 Å². The van der Waals surface area contributed by atoms with Crippen molar-refractivity contribution in [1.29, 1.82) is 0 Å². The highest BCUT2D eigenvalue weighted by atomic mass is 127. The van der Waals surface area contributed by atoms with E-state index in [1.54, 1.807) is 6.21 Å². The summed E-state index contributed by atoms with van der Waals surface area (Å²) in [5.41, 5.74) is 9.90. The highest BCUT2D eigenvalue weighted by molar-refractivity contribution is 14.1. The minimum absolute atomic E-state index is 0.160. The Labute approximate surface area is 127 Å². The van der Waals surface area contributed by atoms with E-state index in [1.807, 2.05) is 19.2 Å². The molecule has 0 saturated carbocycles. The summed E-state index contributed by atoms with van der Waals surface area (Å²) in [6.07, 6.45) is 1.68. The Kier molecular flexibility index (Phi) is 5.69. The van der Waals surface area contributed by atoms with Gasteiger partial charge in [0.15, 0.2) is 5.11 Å². The van der Waals surface area contributed by atoms with Crippen molar-refractivity contribution in [3.8, 4) is 0 Å². The first-order valence-electron chi connectivity index (χ1n) is 4.30. The van der Waals surface area contributed by atoms with E-state index < -0.39 is 0 Å². The largest absolute Gasteiger partial charge is 0.386 e. The maximum atomic E-state index is 5.26. The van der Waals surface area contributed by atoms with Crippen LogP contribution in [0.2, 0.25) is 0 Å². The SMILES string of the molecule is CNc1c(I)cc(/C=N\NC(N)=S)cc1I. The molecule has 0 bridgehead atoms. The Morgan fingerprint density at radius 2 is 2.00 bits per heavy atom. The first-order valence-corrected chi connectivity index (χ1v) is 6.86. The number of rotatable bonds is 3. The molecule has 0 saturated heterocycles. The van der Waals surface area contributed by atoms with Crippen LogP contribution < -0.4 is 16.5 Å². The lowest BCUT2D eigenvalue weighted by molar-refractivity contribution is 1.04. The van der Waals surface area contributed by atoms with E-state index in [0.717, 1.165) is 18.4 Å². The van der Waals surface area contributed by atoms with Gasteiger partial charge in [-0.1, -0.05) is 0 Å². The molecule has 1 aromatic carbocycles. The molecule has 0 aliphatic rings. The van der Waals surface area contributed by atoms with Crippen LogP contribution >= 0.6 is 57.4 Å². The highest BCUT2D eigenvalue weighted by Gasteiger charge is 2.04. The van der Waals surface area contributed by atoms with Gasteiger partial charge in [0.05, 0.1) is 11.9 Å². The summed E-state index contributed by atoms with van der Waals surface area (Å²) in [5, 5.41) is 7.22. The molecule has 1 aromatic rings. The molecular weight excluding hydrogens is 450 g/mol. The number of nitrogens with two attached hydrogens (primary N) is 1. The van der Waals surface area contributed by atoms with Gasteiger partial charge in [0, 0.05) is 14.2 Å². The molecule has 4 N–H and O–H groups in total. The van der Waals surface area contributed by atoms with E-state index >= 15 is 0 Å². The van der Waals surface area contributed by atoms with Crippen molar-refractivity contribution in [2.45, 2.75) is 0 Å². The Bertz CT molecular complexity index is 411. The predicted octanol–water partition coefficient (Wildman–Crippen LogP) is 2.10. The van der Waals surface area contributed by atoms with Crippen LogP contribution in [0, 0.1) is 7.14 Å². The smallest absolute Gasteiger partial charge is 0.184 e. The van der Waals surface area contributed by atoms with Crippen LogP contribution in [0.5, 0.6) is 0 Å². The fraction of sp³-hybridized carbons (Fsp3) is 0.111. The zero-order valence-electron chi connectivity index (χ0n) is 8.42. The van der Waals surface area contributed by atoms with Crippen molar-refractivity contribution < 1.29 is 0 Å². The van der Waals surface area contributed by atoms with E-state index in [1.165, 1.54) is 0 Å². The molecule has 0 spiro atoms. The zero-order valence-corrected chi connectivity index (χ0v) is 13.6. The molecule has 0 aliphatic heterocycles. The summed E-state index contributed by atoms with van der Waals surface area (Å²) in [7, 11) is 1.90. The van der Waals surface area contributed by atoms with Gasteiger partial charge in [0.2, 0.25) is 0 Å². The van der Waals surface area contributed by atoms with E-state index in [4.69, 9.17) is 5.73 Å². The van der Waals surface area contributed by atoms with E-state index in [-0.39, 0.29) is 5.11 Å². The molecule has 0 fully saturated rings. The summed E-state index contributed by atoms with van der Waals surface area (Å²) in [4.78, 5) is 0. The summed E-state index contributed by atoms with van der Waals surface area (Å²) in [5.74, 6) is 0. The predicted molar refractivity (Wildman–Crippen MR) is 88.9 cm³/mol. The average molecular weight is 460 g/mol. The quantitative estimate of drug-likeness (QED) is 0.280. The summed E-state index contributed by atoms with van der Waals surface area (Å²) in [6.45, 7) is 0. The molecule has 0 amide bonds. The van der Waals surface area contributed by atoms with Crippen LogP contribution in [0.4, 0.5) is 5.69 Å². The number of hydrazone groups is 1. The number of nitrogens with one attached hydrogen (secondary N) is 2. The second-order valence-electron chi connectivity index (χ2n) is 2.84. The van der Waals surface area contributed by atoms with Crippen LogP contribution in [0.15, 0.2) is 17.2 Å². The maximum Gasteiger partial charge on any atom is 0.184 e. The van der Waals surface area contributed by atoms with Gasteiger partial charge in [0.25, 0.3) is 0 Å². The van der Waals surface area contributed by atoms with E-state index in [9.17, 15) is 0 Å². The number of benzene rings is 1. The standard InChI is InChI=1S/C9H10I2N4S/c1-13-8-6(10)2-5(3-7(8)11)4-14-15-9(12)16/h2-4,13H,1H3,(H3,12,15,16)/b14-4-. The normalized spacial score (nSPS) is 10.4. The molecule has 16 heavy (non-hydrogen) atoms. The lowest BCUT2D eigenvalue weighted by atomic mass is 10.2. The summed E-state index contributed by atoms with van der Waals surface area (Å²) >= 11 is 9.20. The Morgan fingerprint density at radius 3 is 2.44 bits per heavy atom. The first-order chi connectivity index (χ1) is 7.54. The topological polar surface area (TPSA) is 62.4 Å². The number of hydrogen-bond acceptors (Lipinski definition) is 3. The molecule has 0 radical (unpaired) electrons. The lowest BCUT2D eigenvalue weighted by Crippen LogP contribution is -2.24. The minimum atomic E-state index is 0.160. The molecule has 0 unspecified atom stereocenters. The maximum absolute atomic E-state index is 5.26. The Morgan fingerprint density at radius 1 is 1.44 bits per heavy atom. The molecule has 0 aromatic heterocycles. The summed E-state index contributed by atoms with van der Waals surface area (Å²) in [6, 6.07) is 4.05. The molecule has 0 heterocycles. The second kappa shape index (κ2) is 6.55. The van der Waals surface area contributed by atoms with Crippen LogP contribution in [-0.2, 0) is 0 Å². The van der Waals surface area contributed by atoms with Crippen LogP contribution in [0.25, 0.3) is 0 Å². The van der Waals surface area contributed by atoms with Crippen molar-refractivity contribution in [2.75, 3.05) is 12.4 Å². The highest BCUT2D eigenvalue weighted by Crippen LogP contribution is 2.25. The number of halogens is 2. The second-order valence-corrected chi connectivity index (χ2v) is 5.61. The van der Waals surface area contributed by atoms with E-state index in [0.29, 0.717) is 0 Å². The first kappa shape index (κ1) is 13.9. The van der Waals surface area contributed by atoms with Gasteiger partial charge in [-0.05, 0) is 75.1 Å². The lowest BCUT2D eigenvalue weighted by Gasteiger charge is -2.07. The van der Waals surface area contributed by atoms with Crippen LogP contribution in [-0.4, -0.2) is 18.4 Å². The molecule has 1 rings (SSSR count). The molecule has 86 valence electrons. The van der Waals surface area contributed by atoms with Gasteiger partial charge >= 0.3 is 0 Å². The third-order valence-electron chi connectivity index (χ3n) is 1.70. The Hall–Kier alpha value is -0.160. The van der Waals surface area contributed by atoms with Crippen molar-refractivity contribution in [3.05, 3.63) is 24.8 Å². The van der Waals surface area contributed by atoms with Gasteiger partial charge in [-0.25, -0.2) is 0 Å². The molecule has 4 nitrogen and oxygen atoms in total. The molecule has 7 heteroatoms. The van der Waals surface area contributed by atoms with Gasteiger partial charge in [-0.15, -0.1) is 0 Å². The summed E-state index contributed by atoms with van der Waals surface area (Å²) < 4.78 is 2.28. The number of nitrogens with zero attached hydrogens (tertiary/aromatic N) is 1. The average Bonchev–Trinajstić information content (AvgIpc) is 2.16. The fourth-order valence-corrected chi connectivity index (χ4v) is 3.48. The number of thiocarbonyl (C=S) groups is 1.